The van der Waals surface area contributed by atoms with Crippen molar-refractivity contribution in [2.24, 2.45) is 29.6 Å². The lowest BCUT2D eigenvalue weighted by molar-refractivity contribution is -0.208. The summed E-state index contributed by atoms with van der Waals surface area (Å²) in [6, 6.07) is -0.903. The first-order valence-electron chi connectivity index (χ1n) is 25.5. The molecule has 9 atom stereocenters. The summed E-state index contributed by atoms with van der Waals surface area (Å²) in [5.41, 5.74) is 1.60. The Bertz CT molecular complexity index is 1800. The first-order chi connectivity index (χ1) is 32.9. The van der Waals surface area contributed by atoms with Gasteiger partial charge in [-0.1, -0.05) is 50.6 Å². The maximum Gasteiger partial charge on any atom is 0.410 e. The Hall–Kier alpha value is -3.55. The Kier molecular flexibility index (Phi) is 21.9. The fraction of sp³-hybridized carbons (Fsp3) is 0.788. The second-order valence-corrected chi connectivity index (χ2v) is 20.7. The average Bonchev–Trinajstić information content (AvgIpc) is 3.31. The fourth-order valence-corrected chi connectivity index (χ4v) is 10.9. The molecule has 390 valence electrons. The second kappa shape index (κ2) is 26.8. The standard InChI is InChI=1S/C52H83N3O14/c1-33-24-34(2)26-42(65-6)29-43(66-7)28-36(4)52(63,64)48(59)49(60)55-18-10-8-13-44(55)50(61)69-47(37(5)45(57)30-46(58)39(25-33)12-9-11-21-56)35(3)27-38-14-16-41(17-15-38)68-51(62)54-31-40(32-54)53-19-22-67-23-20-53/h9,11,25,27,34,36-45,47,56-57,63-64H,8,10,12-24,26,28-32H2,1-7H3/b11-9+,33-25+,35-27+/t34-,36+,37+,38-,39+,41-,42-,43-,44-,45-,47+/m0/s1. The van der Waals surface area contributed by atoms with Gasteiger partial charge in [0.1, 0.15) is 24.0 Å². The van der Waals surface area contributed by atoms with E-state index in [1.165, 1.54) is 14.0 Å². The number of rotatable bonds is 9. The number of cyclic esters (lactones) is 1. The SMILES string of the molecule is CO[C@@H]1C[C@@H](OC)C[C@@H](C)C/C(C)=C/[C@@H](C/C=C/CO)C(=O)C[C@H](O)[C@@H](C)[C@@H](/C(C)=C/[C@H]2CC[C@H](OC(=O)N3CC(N4CCOCC4)C3)CC2)OC(=O)[C@@H]2CCCCN2C(=O)C(=O)C(O)(O)[C@H](C)C1. The molecule has 0 aromatic carbocycles. The van der Waals surface area contributed by atoms with Gasteiger partial charge in [-0.05, 0) is 108 Å². The average molecular weight is 974 g/mol. The highest BCUT2D eigenvalue weighted by Crippen LogP contribution is 2.34. The molecule has 69 heavy (non-hydrogen) atoms. The molecule has 0 unspecified atom stereocenters. The number of amides is 2. The number of nitrogens with zero attached hydrogens (tertiary/aromatic N) is 3. The Morgan fingerprint density at radius 1 is 0.870 bits per heavy atom. The van der Waals surface area contributed by atoms with Crippen molar-refractivity contribution in [1.82, 2.24) is 14.7 Å². The summed E-state index contributed by atoms with van der Waals surface area (Å²) in [4.78, 5) is 74.6. The van der Waals surface area contributed by atoms with Crippen LogP contribution in [0.25, 0.3) is 0 Å². The number of ketones is 2. The van der Waals surface area contributed by atoms with E-state index in [0.29, 0.717) is 102 Å². The van der Waals surface area contributed by atoms with Gasteiger partial charge in [0.15, 0.2) is 0 Å². The topological polar surface area (TPSA) is 222 Å². The Morgan fingerprint density at radius 3 is 2.19 bits per heavy atom. The van der Waals surface area contributed by atoms with Crippen LogP contribution in [0.5, 0.6) is 0 Å². The number of likely N-dealkylation sites (tertiary alicyclic amines) is 1. The van der Waals surface area contributed by atoms with Gasteiger partial charge in [-0.15, -0.1) is 0 Å². The molecule has 0 radical (unpaired) electrons. The van der Waals surface area contributed by atoms with Gasteiger partial charge in [0.25, 0.3) is 11.7 Å². The third-order valence-corrected chi connectivity index (χ3v) is 15.3. The number of hydrogen-bond donors (Lipinski definition) is 4. The van der Waals surface area contributed by atoms with Crippen LogP contribution in [0, 0.1) is 29.6 Å². The molecule has 4 fully saturated rings. The van der Waals surface area contributed by atoms with Gasteiger partial charge in [-0.25, -0.2) is 9.59 Å². The van der Waals surface area contributed by atoms with Crippen LogP contribution in [0.1, 0.15) is 118 Å². The van der Waals surface area contributed by atoms with Gasteiger partial charge >= 0.3 is 12.1 Å². The molecular weight excluding hydrogens is 891 g/mol. The highest BCUT2D eigenvalue weighted by atomic mass is 16.6. The van der Waals surface area contributed by atoms with E-state index in [0.717, 1.165) is 23.6 Å². The number of morpholine rings is 1. The van der Waals surface area contributed by atoms with Gasteiger partial charge < -0.3 is 53.9 Å². The molecule has 1 aliphatic carbocycles. The lowest BCUT2D eigenvalue weighted by Gasteiger charge is -2.46. The lowest BCUT2D eigenvalue weighted by atomic mass is 9.82. The number of esters is 1. The van der Waals surface area contributed by atoms with E-state index in [4.69, 9.17) is 23.7 Å². The highest BCUT2D eigenvalue weighted by molar-refractivity contribution is 6.39. The number of hydrogen-bond acceptors (Lipinski definition) is 15. The van der Waals surface area contributed by atoms with E-state index in [1.54, 1.807) is 31.1 Å². The molecule has 17 heteroatoms. The van der Waals surface area contributed by atoms with Crippen molar-refractivity contribution < 1.29 is 68.1 Å². The summed E-state index contributed by atoms with van der Waals surface area (Å²) in [7, 11) is 3.08. The molecule has 0 aromatic rings. The van der Waals surface area contributed by atoms with Crippen molar-refractivity contribution in [1.29, 1.82) is 0 Å². The zero-order chi connectivity index (χ0) is 50.4. The minimum Gasteiger partial charge on any atom is -0.456 e. The van der Waals surface area contributed by atoms with Crippen LogP contribution in [-0.4, -0.2) is 180 Å². The molecule has 5 aliphatic rings. The summed E-state index contributed by atoms with van der Waals surface area (Å²) in [6.45, 7) is 13.3. The molecule has 0 spiro atoms. The number of Topliss-reactive ketones (excluding diaryl/α,β-unsaturated/α-hetero) is 2. The summed E-state index contributed by atoms with van der Waals surface area (Å²) in [5.74, 6) is -9.18. The van der Waals surface area contributed by atoms with Gasteiger partial charge in [-0.3, -0.25) is 19.3 Å². The van der Waals surface area contributed by atoms with E-state index < -0.39 is 65.6 Å². The molecule has 4 heterocycles. The number of fused-ring (bicyclic) bond motifs is 1. The number of allylic oxidation sites excluding steroid dienone is 4. The van der Waals surface area contributed by atoms with Crippen LogP contribution >= 0.6 is 0 Å². The first kappa shape index (κ1) is 56.4. The van der Waals surface area contributed by atoms with Gasteiger partial charge in [0.2, 0.25) is 5.79 Å². The molecule has 2 amide bonds. The smallest absolute Gasteiger partial charge is 0.410 e. The predicted octanol–water partition coefficient (Wildman–Crippen LogP) is 4.52. The summed E-state index contributed by atoms with van der Waals surface area (Å²) in [5, 5.41) is 44.1. The summed E-state index contributed by atoms with van der Waals surface area (Å²) >= 11 is 0. The van der Waals surface area contributed by atoms with E-state index in [9.17, 15) is 44.4 Å². The molecule has 17 nitrogen and oxygen atoms in total. The molecule has 0 bridgehead atoms. The fourth-order valence-electron chi connectivity index (χ4n) is 10.9. The summed E-state index contributed by atoms with van der Waals surface area (Å²) < 4.78 is 29.3. The lowest BCUT2D eigenvalue weighted by Crippen LogP contribution is -2.63. The summed E-state index contributed by atoms with van der Waals surface area (Å²) in [6.07, 6.45) is 9.09. The molecular formula is C52H83N3O14. The van der Waals surface area contributed by atoms with Crippen molar-refractivity contribution in [3.63, 3.8) is 0 Å². The second-order valence-electron chi connectivity index (χ2n) is 20.7. The first-order valence-corrected chi connectivity index (χ1v) is 25.5. The molecule has 4 aliphatic heterocycles. The van der Waals surface area contributed by atoms with E-state index >= 15 is 0 Å². The Labute approximate surface area is 409 Å². The normalized spacial score (nSPS) is 34.9. The van der Waals surface area contributed by atoms with E-state index in [-0.39, 0.29) is 68.3 Å². The number of aliphatic hydroxyl groups excluding tert-OH is 2. The van der Waals surface area contributed by atoms with Crippen LogP contribution < -0.4 is 0 Å². The minimum atomic E-state index is -3.07. The van der Waals surface area contributed by atoms with Crippen molar-refractivity contribution >= 4 is 29.5 Å². The van der Waals surface area contributed by atoms with E-state index in [1.807, 2.05) is 26.0 Å². The number of methoxy groups -OCH3 is 2. The van der Waals surface area contributed by atoms with Crippen LogP contribution in [-0.2, 0) is 42.9 Å². The van der Waals surface area contributed by atoms with Crippen molar-refractivity contribution in [2.45, 2.75) is 166 Å². The number of piperidine rings is 1. The van der Waals surface area contributed by atoms with Crippen LogP contribution in [0.3, 0.4) is 0 Å². The molecule has 4 N–H and O–H groups in total. The van der Waals surface area contributed by atoms with Crippen LogP contribution in [0.2, 0.25) is 0 Å². The quantitative estimate of drug-likeness (QED) is 0.108. The number of carbonyl (C=O) groups is 5. The number of aliphatic hydroxyl groups is 4. The third kappa shape index (κ3) is 15.7. The van der Waals surface area contributed by atoms with Crippen LogP contribution in [0.4, 0.5) is 4.79 Å². The maximum absolute atomic E-state index is 14.4. The van der Waals surface area contributed by atoms with Gasteiger partial charge in [0, 0.05) is 77.2 Å². The number of ether oxygens (including phenoxy) is 5. The van der Waals surface area contributed by atoms with Crippen molar-refractivity contribution in [3.8, 4) is 0 Å². The monoisotopic (exact) mass is 974 g/mol. The molecule has 5 rings (SSSR count). The van der Waals surface area contributed by atoms with E-state index in [2.05, 4.69) is 11.8 Å². The Balaban J connectivity index is 1.38. The van der Waals surface area contributed by atoms with Crippen molar-refractivity contribution in [3.05, 3.63) is 35.5 Å². The number of carbonyl (C=O) groups excluding carboxylic acids is 5. The Morgan fingerprint density at radius 2 is 1.54 bits per heavy atom. The van der Waals surface area contributed by atoms with Gasteiger partial charge in [-0.2, -0.15) is 0 Å². The van der Waals surface area contributed by atoms with Crippen LogP contribution in [0.15, 0.2) is 35.5 Å². The van der Waals surface area contributed by atoms with Gasteiger partial charge in [0.05, 0.1) is 38.1 Å². The minimum absolute atomic E-state index is 0.00838. The maximum atomic E-state index is 14.4. The zero-order valence-corrected chi connectivity index (χ0v) is 42.3. The molecule has 0 aromatic heterocycles. The van der Waals surface area contributed by atoms with Crippen molar-refractivity contribution in [2.75, 3.05) is 66.8 Å². The largest absolute Gasteiger partial charge is 0.456 e. The molecule has 3 saturated heterocycles. The zero-order valence-electron chi connectivity index (χ0n) is 42.3. The molecule has 1 saturated carbocycles. The third-order valence-electron chi connectivity index (χ3n) is 15.3. The predicted molar refractivity (Wildman–Crippen MR) is 256 cm³/mol. The highest BCUT2D eigenvalue weighted by Gasteiger charge is 2.49.